The molecule has 0 bridgehead atoms. The van der Waals surface area contributed by atoms with Crippen LogP contribution in [0.4, 0.5) is 5.69 Å². The standard InChI is InChI=1S/C16H15N5/c1-19-15(13-8-4-2-5-9-13)17-21-12-20(18-16(19)21)14-10-6-3-7-11-14/h2-11H,12H2,1H3. The zero-order valence-electron chi connectivity index (χ0n) is 11.7. The summed E-state index contributed by atoms with van der Waals surface area (Å²) in [6.45, 7) is 0.639. The lowest BCUT2D eigenvalue weighted by Crippen LogP contribution is -2.32. The van der Waals surface area contributed by atoms with Gasteiger partial charge in [-0.05, 0) is 12.1 Å². The number of fused-ring (bicyclic) bond motifs is 1. The zero-order chi connectivity index (χ0) is 14.2. The minimum absolute atomic E-state index is 0.639. The van der Waals surface area contributed by atoms with Crippen molar-refractivity contribution < 1.29 is 0 Å². The number of anilines is 1. The van der Waals surface area contributed by atoms with Crippen LogP contribution in [0.25, 0.3) is 0 Å². The van der Waals surface area contributed by atoms with Gasteiger partial charge in [-0.1, -0.05) is 48.5 Å². The molecule has 21 heavy (non-hydrogen) atoms. The van der Waals surface area contributed by atoms with E-state index in [1.165, 1.54) is 0 Å². The first kappa shape index (κ1) is 12.0. The second-order valence-electron chi connectivity index (χ2n) is 5.02. The summed E-state index contributed by atoms with van der Waals surface area (Å²) in [7, 11) is 2.00. The Bertz CT molecular complexity index is 708. The molecule has 2 aliphatic rings. The molecular weight excluding hydrogens is 262 g/mol. The predicted octanol–water partition coefficient (Wildman–Crippen LogP) is 2.34. The van der Waals surface area contributed by atoms with Crippen LogP contribution in [-0.2, 0) is 0 Å². The second-order valence-corrected chi connectivity index (χ2v) is 5.02. The molecule has 2 aromatic rings. The molecule has 0 unspecified atom stereocenters. The first-order chi connectivity index (χ1) is 10.3. The van der Waals surface area contributed by atoms with Gasteiger partial charge in [-0.25, -0.2) is 10.0 Å². The molecule has 0 saturated carbocycles. The van der Waals surface area contributed by atoms with Crippen LogP contribution in [0.2, 0.25) is 0 Å². The van der Waals surface area contributed by atoms with E-state index in [1.807, 2.05) is 70.5 Å². The van der Waals surface area contributed by atoms with Crippen LogP contribution in [0.15, 0.2) is 70.9 Å². The third-order valence-corrected chi connectivity index (χ3v) is 3.63. The molecule has 5 heteroatoms. The lowest BCUT2D eigenvalue weighted by molar-refractivity contribution is 0.473. The molecule has 0 saturated heterocycles. The number of rotatable bonds is 2. The number of hydrazone groups is 2. The molecule has 2 aromatic carbocycles. The third-order valence-electron chi connectivity index (χ3n) is 3.63. The third kappa shape index (κ3) is 1.94. The lowest BCUT2D eigenvalue weighted by atomic mass is 10.2. The highest BCUT2D eigenvalue weighted by molar-refractivity contribution is 6.12. The van der Waals surface area contributed by atoms with Crippen molar-refractivity contribution in [1.82, 2.24) is 9.91 Å². The Labute approximate surface area is 123 Å². The maximum atomic E-state index is 4.68. The van der Waals surface area contributed by atoms with Crippen LogP contribution >= 0.6 is 0 Å². The average Bonchev–Trinajstić information content (AvgIpc) is 3.09. The van der Waals surface area contributed by atoms with Crippen molar-refractivity contribution >= 4 is 17.5 Å². The number of hydrogen-bond donors (Lipinski definition) is 0. The number of amidine groups is 1. The van der Waals surface area contributed by atoms with E-state index in [-0.39, 0.29) is 0 Å². The van der Waals surface area contributed by atoms with Crippen molar-refractivity contribution in [3.8, 4) is 0 Å². The second kappa shape index (κ2) is 4.63. The van der Waals surface area contributed by atoms with Crippen molar-refractivity contribution in [1.29, 1.82) is 0 Å². The maximum absolute atomic E-state index is 4.68. The van der Waals surface area contributed by atoms with E-state index in [2.05, 4.69) is 22.3 Å². The Hall–Kier alpha value is -2.82. The molecule has 2 aliphatic heterocycles. The van der Waals surface area contributed by atoms with Gasteiger partial charge in [0, 0.05) is 12.6 Å². The first-order valence-electron chi connectivity index (χ1n) is 6.89. The van der Waals surface area contributed by atoms with Crippen molar-refractivity contribution in [3.63, 3.8) is 0 Å². The summed E-state index contributed by atoms with van der Waals surface area (Å²) >= 11 is 0. The molecule has 0 radical (unpaired) electrons. The highest BCUT2D eigenvalue weighted by Crippen LogP contribution is 2.25. The minimum atomic E-state index is 0.639. The topological polar surface area (TPSA) is 34.4 Å². The molecule has 104 valence electrons. The van der Waals surface area contributed by atoms with Crippen LogP contribution in [0, 0.1) is 0 Å². The van der Waals surface area contributed by atoms with Crippen molar-refractivity contribution in [2.75, 3.05) is 18.7 Å². The molecule has 4 rings (SSSR count). The van der Waals surface area contributed by atoms with Crippen LogP contribution in [0.1, 0.15) is 5.56 Å². The summed E-state index contributed by atoms with van der Waals surface area (Å²) < 4.78 is 0. The van der Waals surface area contributed by atoms with E-state index in [0.717, 1.165) is 23.0 Å². The van der Waals surface area contributed by atoms with Crippen LogP contribution in [0.5, 0.6) is 0 Å². The van der Waals surface area contributed by atoms with Gasteiger partial charge in [0.25, 0.3) is 0 Å². The Morgan fingerprint density at radius 1 is 0.810 bits per heavy atom. The van der Waals surface area contributed by atoms with E-state index in [1.54, 1.807) is 0 Å². The molecule has 0 amide bonds. The van der Waals surface area contributed by atoms with E-state index in [9.17, 15) is 0 Å². The number of guanidine groups is 1. The van der Waals surface area contributed by atoms with Gasteiger partial charge in [-0.15, -0.1) is 10.2 Å². The minimum Gasteiger partial charge on any atom is -0.295 e. The average molecular weight is 277 g/mol. The molecule has 0 fully saturated rings. The SMILES string of the molecule is CN1C(c2ccccc2)=NN2CN(c3ccccc3)N=C21. The van der Waals surface area contributed by atoms with Gasteiger partial charge in [0.15, 0.2) is 5.84 Å². The maximum Gasteiger partial charge on any atom is 0.247 e. The molecule has 0 spiro atoms. The fourth-order valence-electron chi connectivity index (χ4n) is 2.55. The fraction of sp³-hybridized carbons (Fsp3) is 0.125. The highest BCUT2D eigenvalue weighted by atomic mass is 15.8. The Morgan fingerprint density at radius 3 is 2.14 bits per heavy atom. The van der Waals surface area contributed by atoms with Gasteiger partial charge in [0.05, 0.1) is 5.69 Å². The summed E-state index contributed by atoms with van der Waals surface area (Å²) in [5.74, 6) is 1.79. The quantitative estimate of drug-likeness (QED) is 0.845. The van der Waals surface area contributed by atoms with E-state index in [4.69, 9.17) is 0 Å². The summed E-state index contributed by atoms with van der Waals surface area (Å²) in [6, 6.07) is 20.3. The van der Waals surface area contributed by atoms with Gasteiger partial charge >= 0.3 is 0 Å². The number of para-hydroxylation sites is 1. The van der Waals surface area contributed by atoms with Crippen molar-refractivity contribution in [3.05, 3.63) is 66.2 Å². The normalized spacial score (nSPS) is 16.9. The molecule has 0 atom stereocenters. The van der Waals surface area contributed by atoms with Gasteiger partial charge in [-0.2, -0.15) is 0 Å². The van der Waals surface area contributed by atoms with Gasteiger partial charge < -0.3 is 0 Å². The smallest absolute Gasteiger partial charge is 0.247 e. The van der Waals surface area contributed by atoms with Crippen molar-refractivity contribution in [2.45, 2.75) is 0 Å². The monoisotopic (exact) mass is 277 g/mol. The van der Waals surface area contributed by atoms with E-state index < -0.39 is 0 Å². The molecule has 2 heterocycles. The summed E-state index contributed by atoms with van der Waals surface area (Å²) in [4.78, 5) is 2.03. The Morgan fingerprint density at radius 2 is 1.48 bits per heavy atom. The predicted molar refractivity (Wildman–Crippen MR) is 83.8 cm³/mol. The van der Waals surface area contributed by atoms with Crippen LogP contribution in [-0.4, -0.2) is 35.4 Å². The molecule has 0 aliphatic carbocycles. The van der Waals surface area contributed by atoms with Crippen molar-refractivity contribution in [2.24, 2.45) is 10.2 Å². The van der Waals surface area contributed by atoms with E-state index >= 15 is 0 Å². The largest absolute Gasteiger partial charge is 0.295 e. The fourth-order valence-corrected chi connectivity index (χ4v) is 2.55. The molecule has 0 N–H and O–H groups in total. The lowest BCUT2D eigenvalue weighted by Gasteiger charge is -2.14. The zero-order valence-corrected chi connectivity index (χ0v) is 11.7. The summed E-state index contributed by atoms with van der Waals surface area (Å²) in [5, 5.41) is 13.2. The number of nitrogens with zero attached hydrogens (tertiary/aromatic N) is 5. The van der Waals surface area contributed by atoms with Gasteiger partial charge in [0.1, 0.15) is 6.67 Å². The Balaban J connectivity index is 1.62. The first-order valence-corrected chi connectivity index (χ1v) is 6.89. The molecular formula is C16H15N5. The van der Waals surface area contributed by atoms with E-state index in [0.29, 0.717) is 6.67 Å². The molecule has 0 aromatic heterocycles. The van der Waals surface area contributed by atoms with Gasteiger partial charge in [0.2, 0.25) is 5.96 Å². The Kier molecular flexibility index (Phi) is 2.64. The number of benzene rings is 2. The summed E-state index contributed by atoms with van der Waals surface area (Å²) in [6.07, 6.45) is 0. The highest BCUT2D eigenvalue weighted by Gasteiger charge is 2.35. The summed E-state index contributed by atoms with van der Waals surface area (Å²) in [5.41, 5.74) is 2.17. The van der Waals surface area contributed by atoms with Gasteiger partial charge in [-0.3, -0.25) is 4.90 Å². The van der Waals surface area contributed by atoms with Crippen LogP contribution < -0.4 is 5.01 Å². The van der Waals surface area contributed by atoms with Crippen LogP contribution in [0.3, 0.4) is 0 Å². The number of hydrogen-bond acceptors (Lipinski definition) is 5. The molecule has 5 nitrogen and oxygen atoms in total.